The Morgan fingerprint density at radius 2 is 1.89 bits per heavy atom. The third kappa shape index (κ3) is 3.30. The van der Waals surface area contributed by atoms with Gasteiger partial charge in [0.1, 0.15) is 0 Å². The van der Waals surface area contributed by atoms with Crippen molar-refractivity contribution in [2.75, 3.05) is 19.5 Å². The molecule has 96 valence electrons. The maximum atomic E-state index is 4.97. The highest BCUT2D eigenvalue weighted by Crippen LogP contribution is 2.20. The molecule has 0 bridgehead atoms. The topological polar surface area (TPSA) is 69.2 Å². The van der Waals surface area contributed by atoms with Gasteiger partial charge in [-0.25, -0.2) is 0 Å². The average molecular weight is 331 g/mol. The van der Waals surface area contributed by atoms with Gasteiger partial charge in [-0.15, -0.1) is 16.3 Å². The molecule has 0 aliphatic carbocycles. The van der Waals surface area contributed by atoms with Crippen LogP contribution in [0.3, 0.4) is 0 Å². The van der Waals surface area contributed by atoms with Crippen molar-refractivity contribution in [3.05, 3.63) is 20.8 Å². The van der Waals surface area contributed by atoms with Crippen molar-refractivity contribution in [1.29, 1.82) is 0 Å². The molecule has 18 heavy (non-hydrogen) atoms. The Morgan fingerprint density at radius 3 is 2.39 bits per heavy atom. The number of nitrogens with one attached hydrogen (secondary N) is 1. The molecular formula is C10H11BrN4O2S. The summed E-state index contributed by atoms with van der Waals surface area (Å²) in [7, 11) is 2.99. The van der Waals surface area contributed by atoms with Crippen molar-refractivity contribution >= 4 is 33.2 Å². The second-order valence-electron chi connectivity index (χ2n) is 3.22. The van der Waals surface area contributed by atoms with Crippen molar-refractivity contribution in [2.24, 2.45) is 0 Å². The van der Waals surface area contributed by atoms with Crippen molar-refractivity contribution < 1.29 is 9.47 Å². The average Bonchev–Trinajstić information content (AvgIpc) is 2.81. The molecule has 8 heteroatoms. The number of nitrogens with zero attached hydrogens (tertiary/aromatic N) is 3. The lowest BCUT2D eigenvalue weighted by molar-refractivity contribution is 0.341. The number of anilines is 1. The summed E-state index contributed by atoms with van der Waals surface area (Å²) in [6, 6.07) is 2.47. The fraction of sp³-hybridized carbons (Fsp3) is 0.300. The summed E-state index contributed by atoms with van der Waals surface area (Å²) >= 11 is 5.05. The minimum Gasteiger partial charge on any atom is -0.467 e. The molecule has 0 amide bonds. The second-order valence-corrected chi connectivity index (χ2v) is 5.13. The van der Waals surface area contributed by atoms with Crippen LogP contribution in [-0.2, 0) is 6.54 Å². The van der Waals surface area contributed by atoms with E-state index in [1.54, 1.807) is 11.3 Å². The zero-order chi connectivity index (χ0) is 13.0. The maximum absolute atomic E-state index is 4.97. The van der Waals surface area contributed by atoms with Gasteiger partial charge in [0.15, 0.2) is 0 Å². The molecule has 0 atom stereocenters. The molecule has 2 aromatic heterocycles. The van der Waals surface area contributed by atoms with Gasteiger partial charge >= 0.3 is 12.0 Å². The zero-order valence-corrected chi connectivity index (χ0v) is 12.2. The highest BCUT2D eigenvalue weighted by atomic mass is 79.9. The van der Waals surface area contributed by atoms with Crippen LogP contribution in [0.5, 0.6) is 12.0 Å². The van der Waals surface area contributed by atoms with Gasteiger partial charge in [-0.3, -0.25) is 0 Å². The van der Waals surface area contributed by atoms with Crippen molar-refractivity contribution in [1.82, 2.24) is 15.0 Å². The van der Waals surface area contributed by atoms with Gasteiger partial charge in [0.25, 0.3) is 0 Å². The molecule has 0 fully saturated rings. The molecule has 2 rings (SSSR count). The van der Waals surface area contributed by atoms with E-state index >= 15 is 0 Å². The largest absolute Gasteiger partial charge is 0.467 e. The number of hydrogen-bond acceptors (Lipinski definition) is 7. The molecular weight excluding hydrogens is 320 g/mol. The van der Waals surface area contributed by atoms with Gasteiger partial charge in [0, 0.05) is 14.7 Å². The smallest absolute Gasteiger partial charge is 0.324 e. The number of hydrogen-bond donors (Lipinski definition) is 1. The van der Waals surface area contributed by atoms with Crippen LogP contribution in [0.1, 0.15) is 4.88 Å². The number of rotatable bonds is 5. The highest BCUT2D eigenvalue weighted by molar-refractivity contribution is 9.10. The van der Waals surface area contributed by atoms with Crippen LogP contribution in [0.15, 0.2) is 15.9 Å². The first-order chi connectivity index (χ1) is 8.71. The third-order valence-corrected chi connectivity index (χ3v) is 3.70. The first-order valence-corrected chi connectivity index (χ1v) is 6.69. The summed E-state index contributed by atoms with van der Waals surface area (Å²) in [6.45, 7) is 0.632. The summed E-state index contributed by atoms with van der Waals surface area (Å²) in [5.41, 5.74) is 0. The van der Waals surface area contributed by atoms with Crippen LogP contribution in [0.25, 0.3) is 0 Å². The Balaban J connectivity index is 2.08. The number of methoxy groups -OCH3 is 2. The summed E-state index contributed by atoms with van der Waals surface area (Å²) in [4.78, 5) is 13.2. The first kappa shape index (κ1) is 13.0. The molecule has 0 aliphatic rings. The maximum Gasteiger partial charge on any atom is 0.324 e. The Bertz CT molecular complexity index is 512. The fourth-order valence-corrected chi connectivity index (χ4v) is 2.60. The minimum atomic E-state index is 0.219. The second kappa shape index (κ2) is 5.96. The van der Waals surface area contributed by atoms with Crippen LogP contribution < -0.4 is 14.8 Å². The lowest BCUT2D eigenvalue weighted by atomic mass is 10.5. The van der Waals surface area contributed by atoms with E-state index in [1.807, 2.05) is 11.4 Å². The normalized spacial score (nSPS) is 10.2. The molecule has 0 aliphatic heterocycles. The van der Waals surface area contributed by atoms with Crippen molar-refractivity contribution in [3.8, 4) is 12.0 Å². The van der Waals surface area contributed by atoms with E-state index in [-0.39, 0.29) is 12.0 Å². The van der Waals surface area contributed by atoms with E-state index in [1.165, 1.54) is 19.1 Å². The zero-order valence-electron chi connectivity index (χ0n) is 9.81. The number of aromatic nitrogens is 3. The van der Waals surface area contributed by atoms with E-state index < -0.39 is 0 Å². The number of ether oxygens (including phenoxy) is 2. The van der Waals surface area contributed by atoms with Gasteiger partial charge in [0.05, 0.1) is 20.8 Å². The van der Waals surface area contributed by atoms with Crippen molar-refractivity contribution in [3.63, 3.8) is 0 Å². The quantitative estimate of drug-likeness (QED) is 0.907. The van der Waals surface area contributed by atoms with Crippen LogP contribution >= 0.6 is 27.3 Å². The lowest BCUT2D eigenvalue weighted by Crippen LogP contribution is -2.06. The SMILES string of the molecule is COc1nc(NCc2cc(Br)cs2)nc(OC)n1. The summed E-state index contributed by atoms with van der Waals surface area (Å²) in [5.74, 6) is 0.420. The molecule has 1 N–H and O–H groups in total. The van der Waals surface area contributed by atoms with Crippen molar-refractivity contribution in [2.45, 2.75) is 6.54 Å². The summed E-state index contributed by atoms with van der Waals surface area (Å²) in [5, 5.41) is 5.11. The van der Waals surface area contributed by atoms with Crippen LogP contribution in [0.4, 0.5) is 5.95 Å². The molecule has 0 unspecified atom stereocenters. The van der Waals surface area contributed by atoms with E-state index in [9.17, 15) is 0 Å². The van der Waals surface area contributed by atoms with Gasteiger partial charge in [-0.1, -0.05) is 0 Å². The molecule has 0 saturated heterocycles. The molecule has 0 saturated carbocycles. The minimum absolute atomic E-state index is 0.219. The van der Waals surface area contributed by atoms with Gasteiger partial charge in [-0.2, -0.15) is 9.97 Å². The Labute approximate surface area is 117 Å². The van der Waals surface area contributed by atoms with E-state index in [4.69, 9.17) is 9.47 Å². The van der Waals surface area contributed by atoms with Crippen LogP contribution in [0, 0.1) is 0 Å². The van der Waals surface area contributed by atoms with E-state index in [0.29, 0.717) is 12.5 Å². The molecule has 0 radical (unpaired) electrons. The molecule has 0 spiro atoms. The predicted octanol–water partition coefficient (Wildman–Crippen LogP) is 2.32. The van der Waals surface area contributed by atoms with E-state index in [0.717, 1.165) is 4.47 Å². The van der Waals surface area contributed by atoms with Crippen LogP contribution in [0.2, 0.25) is 0 Å². The third-order valence-electron chi connectivity index (χ3n) is 2.00. The number of halogens is 1. The molecule has 2 aromatic rings. The Kier molecular flexibility index (Phi) is 4.32. The first-order valence-electron chi connectivity index (χ1n) is 5.02. The number of thiophene rings is 1. The Hall–Kier alpha value is -1.41. The monoisotopic (exact) mass is 330 g/mol. The van der Waals surface area contributed by atoms with Gasteiger partial charge in [-0.05, 0) is 22.0 Å². The molecule has 2 heterocycles. The van der Waals surface area contributed by atoms with Gasteiger partial charge in [0.2, 0.25) is 5.95 Å². The van der Waals surface area contributed by atoms with Gasteiger partial charge < -0.3 is 14.8 Å². The van der Waals surface area contributed by atoms with Crippen LogP contribution in [-0.4, -0.2) is 29.2 Å². The molecule has 6 nitrogen and oxygen atoms in total. The van der Waals surface area contributed by atoms with E-state index in [2.05, 4.69) is 36.2 Å². The lowest BCUT2D eigenvalue weighted by Gasteiger charge is -2.06. The predicted molar refractivity (Wildman–Crippen MR) is 72.3 cm³/mol. The fourth-order valence-electron chi connectivity index (χ4n) is 1.21. The molecule has 0 aromatic carbocycles. The Morgan fingerprint density at radius 1 is 1.22 bits per heavy atom. The highest BCUT2D eigenvalue weighted by Gasteiger charge is 2.07. The standard InChI is InChI=1S/C10H11BrN4O2S/c1-16-9-13-8(14-10(15-9)17-2)12-4-7-3-6(11)5-18-7/h3,5H,4H2,1-2H3,(H,12,13,14,15). The summed E-state index contributed by atoms with van der Waals surface area (Å²) < 4.78 is 11.0. The summed E-state index contributed by atoms with van der Waals surface area (Å²) in [6.07, 6.45) is 0.